The molecular weight excluding hydrogens is 244 g/mol. The third kappa shape index (κ3) is 3.47. The van der Waals surface area contributed by atoms with Crippen LogP contribution in [0.15, 0.2) is 24.3 Å². The van der Waals surface area contributed by atoms with E-state index >= 15 is 0 Å². The Bertz CT molecular complexity index is 426. The highest BCUT2D eigenvalue weighted by molar-refractivity contribution is 5.74. The summed E-state index contributed by atoms with van der Waals surface area (Å²) in [6.45, 7) is 5.55. The second-order valence-corrected chi connectivity index (χ2v) is 4.59. The summed E-state index contributed by atoms with van der Waals surface area (Å²) in [5.74, 6) is -0.325. The molecule has 2 atom stereocenters. The van der Waals surface area contributed by atoms with Crippen LogP contribution in [0, 0.1) is 5.92 Å². The molecule has 0 radical (unpaired) electrons. The van der Waals surface area contributed by atoms with Crippen molar-refractivity contribution in [2.45, 2.75) is 32.8 Å². The van der Waals surface area contributed by atoms with Crippen molar-refractivity contribution in [1.82, 2.24) is 0 Å². The summed E-state index contributed by atoms with van der Waals surface area (Å²) in [6.07, 6.45) is 0.503. The third-order valence-corrected chi connectivity index (χ3v) is 3.31. The van der Waals surface area contributed by atoms with Crippen molar-refractivity contribution in [2.75, 3.05) is 13.7 Å². The van der Waals surface area contributed by atoms with Crippen LogP contribution >= 0.6 is 0 Å². The second-order valence-electron chi connectivity index (χ2n) is 4.59. The van der Waals surface area contributed by atoms with Gasteiger partial charge in [0, 0.05) is 0 Å². The van der Waals surface area contributed by atoms with Crippen molar-refractivity contribution < 1.29 is 19.4 Å². The molecule has 4 heteroatoms. The molecule has 0 aliphatic rings. The number of carbonyl (C=O) groups excluding carboxylic acids is 1. The van der Waals surface area contributed by atoms with Gasteiger partial charge in [-0.15, -0.1) is 0 Å². The van der Waals surface area contributed by atoms with Crippen molar-refractivity contribution in [2.24, 2.45) is 5.92 Å². The fraction of sp³-hybridized carbons (Fsp3) is 0.533. The molecule has 0 spiro atoms. The van der Waals surface area contributed by atoms with Crippen LogP contribution in [0.3, 0.4) is 0 Å². The Kier molecular flexibility index (Phi) is 5.36. The molecule has 0 fully saturated rings. The maximum absolute atomic E-state index is 11.9. The number of methoxy groups -OCH3 is 1. The average molecular weight is 266 g/mol. The van der Waals surface area contributed by atoms with E-state index in [0.29, 0.717) is 24.3 Å². The summed E-state index contributed by atoms with van der Waals surface area (Å²) in [5, 5.41) is 10.7. The zero-order valence-electron chi connectivity index (χ0n) is 12.0. The van der Waals surface area contributed by atoms with Crippen LogP contribution in [0.25, 0.3) is 0 Å². The zero-order valence-corrected chi connectivity index (χ0v) is 12.0. The molecule has 0 amide bonds. The number of benzene rings is 1. The summed E-state index contributed by atoms with van der Waals surface area (Å²) >= 11 is 0. The molecule has 1 rings (SSSR count). The van der Waals surface area contributed by atoms with Crippen LogP contribution in [0.5, 0.6) is 5.75 Å². The normalized spacial score (nSPS) is 15.4. The Balaban J connectivity index is 3.08. The lowest BCUT2D eigenvalue weighted by Gasteiger charge is -2.31. The molecule has 0 aromatic heterocycles. The lowest BCUT2D eigenvalue weighted by molar-refractivity contribution is -0.158. The number of esters is 1. The fourth-order valence-electron chi connectivity index (χ4n) is 2.18. The number of aliphatic hydroxyl groups is 1. The average Bonchev–Trinajstić information content (AvgIpc) is 2.39. The molecule has 0 saturated carbocycles. The number of hydrogen-bond acceptors (Lipinski definition) is 4. The SMILES string of the molecule is CCOC(=O)C(CC)C(C)(O)c1cccc(OC)c1. The molecule has 0 heterocycles. The third-order valence-electron chi connectivity index (χ3n) is 3.31. The van der Waals surface area contributed by atoms with Gasteiger partial charge in [0.15, 0.2) is 0 Å². The standard InChI is InChI=1S/C15H22O4/c1-5-13(14(16)19-6-2)15(3,17)11-8-7-9-12(10-11)18-4/h7-10,13,17H,5-6H2,1-4H3. The van der Waals surface area contributed by atoms with E-state index < -0.39 is 11.5 Å². The summed E-state index contributed by atoms with van der Waals surface area (Å²) in [5.41, 5.74) is -0.637. The molecule has 2 unspecified atom stereocenters. The molecular formula is C15H22O4. The zero-order chi connectivity index (χ0) is 14.5. The van der Waals surface area contributed by atoms with Crippen LogP contribution in [-0.4, -0.2) is 24.8 Å². The molecule has 4 nitrogen and oxygen atoms in total. The lowest BCUT2D eigenvalue weighted by Crippen LogP contribution is -2.38. The van der Waals surface area contributed by atoms with Crippen molar-refractivity contribution in [3.05, 3.63) is 29.8 Å². The quantitative estimate of drug-likeness (QED) is 0.804. The Labute approximate surface area is 114 Å². The van der Waals surface area contributed by atoms with Crippen LogP contribution in [-0.2, 0) is 15.1 Å². The van der Waals surface area contributed by atoms with E-state index in [1.807, 2.05) is 6.92 Å². The number of rotatable bonds is 6. The Morgan fingerprint density at radius 3 is 2.63 bits per heavy atom. The number of ether oxygens (including phenoxy) is 2. The fourth-order valence-corrected chi connectivity index (χ4v) is 2.18. The maximum Gasteiger partial charge on any atom is 0.312 e. The molecule has 1 aromatic carbocycles. The van der Waals surface area contributed by atoms with Crippen molar-refractivity contribution in [3.63, 3.8) is 0 Å². The predicted octanol–water partition coefficient (Wildman–Crippen LogP) is 2.49. The molecule has 0 saturated heterocycles. The molecule has 0 aliphatic heterocycles. The first-order chi connectivity index (χ1) is 8.97. The minimum Gasteiger partial charge on any atom is -0.497 e. The highest BCUT2D eigenvalue weighted by Gasteiger charge is 2.38. The monoisotopic (exact) mass is 266 g/mol. The molecule has 106 valence electrons. The van der Waals surface area contributed by atoms with Gasteiger partial charge in [-0.3, -0.25) is 4.79 Å². The smallest absolute Gasteiger partial charge is 0.312 e. The molecule has 1 aromatic rings. The van der Waals surface area contributed by atoms with E-state index in [4.69, 9.17) is 9.47 Å². The lowest BCUT2D eigenvalue weighted by atomic mass is 9.81. The van der Waals surface area contributed by atoms with Gasteiger partial charge in [-0.05, 0) is 38.0 Å². The van der Waals surface area contributed by atoms with E-state index in [9.17, 15) is 9.90 Å². The van der Waals surface area contributed by atoms with Crippen molar-refractivity contribution in [3.8, 4) is 5.75 Å². The van der Waals surface area contributed by atoms with Gasteiger partial charge in [-0.2, -0.15) is 0 Å². The number of carbonyl (C=O) groups is 1. The maximum atomic E-state index is 11.9. The minimum atomic E-state index is -1.28. The van der Waals surface area contributed by atoms with Gasteiger partial charge >= 0.3 is 5.97 Å². The molecule has 1 N–H and O–H groups in total. The first-order valence-electron chi connectivity index (χ1n) is 6.50. The highest BCUT2D eigenvalue weighted by atomic mass is 16.5. The highest BCUT2D eigenvalue weighted by Crippen LogP contribution is 2.34. The van der Waals surface area contributed by atoms with E-state index in [1.165, 1.54) is 0 Å². The summed E-state index contributed by atoms with van der Waals surface area (Å²) in [4.78, 5) is 11.9. The van der Waals surface area contributed by atoms with Crippen molar-refractivity contribution >= 4 is 5.97 Å². The van der Waals surface area contributed by atoms with E-state index in [0.717, 1.165) is 0 Å². The minimum absolute atomic E-state index is 0.309. The van der Waals surface area contributed by atoms with Crippen molar-refractivity contribution in [1.29, 1.82) is 0 Å². The first kappa shape index (κ1) is 15.5. The van der Waals surface area contributed by atoms with Crippen LogP contribution in [0.2, 0.25) is 0 Å². The Hall–Kier alpha value is -1.55. The van der Waals surface area contributed by atoms with Crippen LogP contribution < -0.4 is 4.74 Å². The van der Waals surface area contributed by atoms with Gasteiger partial charge in [0.25, 0.3) is 0 Å². The topological polar surface area (TPSA) is 55.8 Å². The van der Waals surface area contributed by atoms with Gasteiger partial charge in [-0.1, -0.05) is 19.1 Å². The van der Waals surface area contributed by atoms with Crippen LogP contribution in [0.1, 0.15) is 32.8 Å². The van der Waals surface area contributed by atoms with Gasteiger partial charge in [0.1, 0.15) is 11.4 Å². The molecule has 0 aliphatic carbocycles. The van der Waals surface area contributed by atoms with E-state index in [-0.39, 0.29) is 5.97 Å². The second kappa shape index (κ2) is 6.57. The van der Waals surface area contributed by atoms with Gasteiger partial charge < -0.3 is 14.6 Å². The largest absolute Gasteiger partial charge is 0.497 e. The van der Waals surface area contributed by atoms with Gasteiger partial charge in [-0.25, -0.2) is 0 Å². The Morgan fingerprint density at radius 1 is 1.42 bits per heavy atom. The van der Waals surface area contributed by atoms with Gasteiger partial charge in [0.05, 0.1) is 19.6 Å². The predicted molar refractivity (Wildman–Crippen MR) is 73.0 cm³/mol. The summed E-state index contributed by atoms with van der Waals surface area (Å²) in [7, 11) is 1.57. The number of hydrogen-bond donors (Lipinski definition) is 1. The first-order valence-corrected chi connectivity index (χ1v) is 6.50. The van der Waals surface area contributed by atoms with E-state index in [1.54, 1.807) is 45.2 Å². The summed E-state index contributed by atoms with van der Waals surface area (Å²) < 4.78 is 10.2. The van der Waals surface area contributed by atoms with Gasteiger partial charge in [0.2, 0.25) is 0 Å². The van der Waals surface area contributed by atoms with E-state index in [2.05, 4.69) is 0 Å². The molecule has 19 heavy (non-hydrogen) atoms. The van der Waals surface area contributed by atoms with Crippen LogP contribution in [0.4, 0.5) is 0 Å². The molecule has 0 bridgehead atoms. The Morgan fingerprint density at radius 2 is 2.11 bits per heavy atom. The summed E-state index contributed by atoms with van der Waals surface area (Å²) in [6, 6.07) is 7.11.